The van der Waals surface area contributed by atoms with Crippen LogP contribution in [-0.2, 0) is 9.59 Å². The molecule has 4 rings (SSSR count). The first-order valence-corrected chi connectivity index (χ1v) is 9.88. The topological polar surface area (TPSA) is 77.1 Å². The lowest BCUT2D eigenvalue weighted by atomic mass is 10.1. The Morgan fingerprint density at radius 3 is 2.66 bits per heavy atom. The van der Waals surface area contributed by atoms with Crippen LogP contribution < -0.4 is 24.4 Å². The van der Waals surface area contributed by atoms with Gasteiger partial charge in [-0.3, -0.25) is 9.59 Å². The number of nitrogens with zero attached hydrogens (tertiary/aromatic N) is 1. The fourth-order valence-electron chi connectivity index (χ4n) is 3.51. The zero-order chi connectivity index (χ0) is 20.2. The summed E-state index contributed by atoms with van der Waals surface area (Å²) in [7, 11) is 0. The van der Waals surface area contributed by atoms with Gasteiger partial charge in [0, 0.05) is 36.8 Å². The second-order valence-corrected chi connectivity index (χ2v) is 7.03. The number of rotatable bonds is 5. The number of carbonyl (C=O) groups is 2. The monoisotopic (exact) mass is 396 g/mol. The zero-order valence-electron chi connectivity index (χ0n) is 16.3. The van der Waals surface area contributed by atoms with Gasteiger partial charge in [0.25, 0.3) is 0 Å². The number of anilines is 2. The predicted molar refractivity (Wildman–Crippen MR) is 109 cm³/mol. The highest BCUT2D eigenvalue weighted by atomic mass is 16.5. The lowest BCUT2D eigenvalue weighted by Gasteiger charge is -2.17. The van der Waals surface area contributed by atoms with Gasteiger partial charge in [0.1, 0.15) is 5.75 Å². The van der Waals surface area contributed by atoms with E-state index in [4.69, 9.17) is 14.2 Å². The van der Waals surface area contributed by atoms with E-state index >= 15 is 0 Å². The van der Waals surface area contributed by atoms with Gasteiger partial charge in [-0.15, -0.1) is 0 Å². The molecule has 2 aliphatic heterocycles. The van der Waals surface area contributed by atoms with Crippen LogP contribution in [0, 0.1) is 5.92 Å². The standard InChI is InChI=1S/C22H24N2O5/c1-2-27-18-7-5-17(6-8-18)24-14-15(12-21(24)25)22(26)23-16-4-9-19-20(13-16)29-11-3-10-28-19/h4-9,13,15H,2-3,10-12,14H2,1H3,(H,23,26)/t15-/m0/s1. The van der Waals surface area contributed by atoms with Gasteiger partial charge in [0.15, 0.2) is 11.5 Å². The first-order valence-electron chi connectivity index (χ1n) is 9.88. The van der Waals surface area contributed by atoms with E-state index in [1.54, 1.807) is 23.1 Å². The molecule has 0 spiro atoms. The minimum absolute atomic E-state index is 0.0621. The van der Waals surface area contributed by atoms with Gasteiger partial charge in [-0.05, 0) is 43.3 Å². The molecule has 29 heavy (non-hydrogen) atoms. The zero-order valence-corrected chi connectivity index (χ0v) is 16.3. The van der Waals surface area contributed by atoms with Gasteiger partial charge in [-0.1, -0.05) is 0 Å². The molecule has 0 radical (unpaired) electrons. The van der Waals surface area contributed by atoms with E-state index in [-0.39, 0.29) is 18.2 Å². The summed E-state index contributed by atoms with van der Waals surface area (Å²) in [5.74, 6) is 1.41. The third kappa shape index (κ3) is 4.29. The van der Waals surface area contributed by atoms with E-state index < -0.39 is 5.92 Å². The van der Waals surface area contributed by atoms with Crippen molar-refractivity contribution < 1.29 is 23.8 Å². The summed E-state index contributed by atoms with van der Waals surface area (Å²) in [5.41, 5.74) is 1.40. The van der Waals surface area contributed by atoms with E-state index in [0.717, 1.165) is 17.9 Å². The summed E-state index contributed by atoms with van der Waals surface area (Å²) in [6.45, 7) is 4.06. The number of hydrogen-bond acceptors (Lipinski definition) is 5. The largest absolute Gasteiger partial charge is 0.494 e. The van der Waals surface area contributed by atoms with Crippen LogP contribution in [0.1, 0.15) is 19.8 Å². The first kappa shape index (κ1) is 19.1. The van der Waals surface area contributed by atoms with Gasteiger partial charge in [-0.25, -0.2) is 0 Å². The molecule has 1 atom stereocenters. The number of amides is 2. The molecule has 0 saturated carbocycles. The van der Waals surface area contributed by atoms with Gasteiger partial charge < -0.3 is 24.4 Å². The fraction of sp³-hybridized carbons (Fsp3) is 0.364. The molecule has 152 valence electrons. The molecule has 2 aromatic rings. The van der Waals surface area contributed by atoms with Crippen LogP contribution in [-0.4, -0.2) is 38.2 Å². The quantitative estimate of drug-likeness (QED) is 0.840. The third-order valence-corrected chi connectivity index (χ3v) is 4.97. The van der Waals surface area contributed by atoms with Crippen LogP contribution in [0.3, 0.4) is 0 Å². The summed E-state index contributed by atoms with van der Waals surface area (Å²) < 4.78 is 16.7. The minimum Gasteiger partial charge on any atom is -0.494 e. The van der Waals surface area contributed by atoms with Gasteiger partial charge in [0.05, 0.1) is 25.7 Å². The van der Waals surface area contributed by atoms with Crippen LogP contribution in [0.4, 0.5) is 11.4 Å². The Bertz CT molecular complexity index is 897. The van der Waals surface area contributed by atoms with Crippen molar-refractivity contribution in [2.24, 2.45) is 5.92 Å². The number of fused-ring (bicyclic) bond motifs is 1. The maximum Gasteiger partial charge on any atom is 0.229 e. The molecule has 0 aliphatic carbocycles. The molecule has 1 saturated heterocycles. The second kappa shape index (κ2) is 8.43. The normalized spacial score (nSPS) is 18.3. The number of carbonyl (C=O) groups excluding carboxylic acids is 2. The van der Waals surface area contributed by atoms with Crippen molar-refractivity contribution >= 4 is 23.2 Å². The average Bonchev–Trinajstić information content (AvgIpc) is 2.96. The van der Waals surface area contributed by atoms with Crippen LogP contribution in [0.15, 0.2) is 42.5 Å². The Labute approximate surface area is 169 Å². The van der Waals surface area contributed by atoms with Crippen LogP contribution in [0.25, 0.3) is 0 Å². The Morgan fingerprint density at radius 2 is 1.90 bits per heavy atom. The molecular weight excluding hydrogens is 372 g/mol. The molecule has 7 nitrogen and oxygen atoms in total. The maximum atomic E-state index is 12.7. The summed E-state index contributed by atoms with van der Waals surface area (Å²) in [6.07, 6.45) is 1.01. The summed E-state index contributed by atoms with van der Waals surface area (Å²) in [5, 5.41) is 2.90. The van der Waals surface area contributed by atoms with Gasteiger partial charge in [0.2, 0.25) is 11.8 Å². The highest BCUT2D eigenvalue weighted by Gasteiger charge is 2.35. The minimum atomic E-state index is -0.412. The van der Waals surface area contributed by atoms with Crippen molar-refractivity contribution in [1.82, 2.24) is 0 Å². The van der Waals surface area contributed by atoms with E-state index in [1.165, 1.54) is 0 Å². The van der Waals surface area contributed by atoms with Crippen molar-refractivity contribution in [3.63, 3.8) is 0 Å². The van der Waals surface area contributed by atoms with Crippen molar-refractivity contribution in [2.45, 2.75) is 19.8 Å². The van der Waals surface area contributed by atoms with Crippen molar-refractivity contribution in [2.75, 3.05) is 36.6 Å². The summed E-state index contributed by atoms with van der Waals surface area (Å²) in [6, 6.07) is 12.7. The Kier molecular flexibility index (Phi) is 5.55. The van der Waals surface area contributed by atoms with E-state index in [1.807, 2.05) is 31.2 Å². The molecular formula is C22H24N2O5. The smallest absolute Gasteiger partial charge is 0.229 e. The SMILES string of the molecule is CCOc1ccc(N2C[C@@H](C(=O)Nc3ccc4c(c3)OCCCO4)CC2=O)cc1. The van der Waals surface area contributed by atoms with Gasteiger partial charge >= 0.3 is 0 Å². The molecule has 0 unspecified atom stereocenters. The third-order valence-electron chi connectivity index (χ3n) is 4.97. The van der Waals surface area contributed by atoms with Crippen LogP contribution >= 0.6 is 0 Å². The molecule has 1 fully saturated rings. The van der Waals surface area contributed by atoms with Crippen LogP contribution in [0.2, 0.25) is 0 Å². The predicted octanol–water partition coefficient (Wildman–Crippen LogP) is 3.24. The molecule has 2 heterocycles. The Morgan fingerprint density at radius 1 is 1.14 bits per heavy atom. The molecule has 0 aromatic heterocycles. The van der Waals surface area contributed by atoms with Crippen molar-refractivity contribution in [3.8, 4) is 17.2 Å². The average molecular weight is 396 g/mol. The molecule has 1 N–H and O–H groups in total. The van der Waals surface area contributed by atoms with E-state index in [9.17, 15) is 9.59 Å². The number of nitrogens with one attached hydrogen (secondary N) is 1. The molecule has 7 heteroatoms. The molecule has 2 amide bonds. The second-order valence-electron chi connectivity index (χ2n) is 7.03. The van der Waals surface area contributed by atoms with Crippen LogP contribution in [0.5, 0.6) is 17.2 Å². The highest BCUT2D eigenvalue weighted by molar-refractivity contribution is 6.03. The number of hydrogen-bond donors (Lipinski definition) is 1. The number of ether oxygens (including phenoxy) is 3. The molecule has 0 bridgehead atoms. The highest BCUT2D eigenvalue weighted by Crippen LogP contribution is 2.33. The van der Waals surface area contributed by atoms with Gasteiger partial charge in [-0.2, -0.15) is 0 Å². The Balaban J connectivity index is 1.41. The summed E-state index contributed by atoms with van der Waals surface area (Å²) in [4.78, 5) is 26.8. The maximum absolute atomic E-state index is 12.7. The van der Waals surface area contributed by atoms with E-state index in [0.29, 0.717) is 43.6 Å². The summed E-state index contributed by atoms with van der Waals surface area (Å²) >= 11 is 0. The van der Waals surface area contributed by atoms with Crippen molar-refractivity contribution in [3.05, 3.63) is 42.5 Å². The molecule has 2 aliphatic rings. The first-order chi connectivity index (χ1) is 14.1. The van der Waals surface area contributed by atoms with E-state index in [2.05, 4.69) is 5.32 Å². The lowest BCUT2D eigenvalue weighted by Crippen LogP contribution is -2.28. The van der Waals surface area contributed by atoms with Crippen molar-refractivity contribution in [1.29, 1.82) is 0 Å². The number of benzene rings is 2. The molecule has 2 aromatic carbocycles. The Hall–Kier alpha value is -3.22. The lowest BCUT2D eigenvalue weighted by molar-refractivity contribution is -0.122. The fourth-order valence-corrected chi connectivity index (χ4v) is 3.51.